The Morgan fingerprint density at radius 1 is 1.34 bits per heavy atom. The molecule has 148 valence electrons. The number of para-hydroxylation sites is 1. The molecule has 0 aliphatic carbocycles. The lowest BCUT2D eigenvalue weighted by Crippen LogP contribution is -2.19. The summed E-state index contributed by atoms with van der Waals surface area (Å²) in [6.45, 7) is 5.46. The van der Waals surface area contributed by atoms with Gasteiger partial charge in [0.2, 0.25) is 5.13 Å². The fourth-order valence-corrected chi connectivity index (χ4v) is 3.93. The van der Waals surface area contributed by atoms with E-state index in [1.54, 1.807) is 20.8 Å². The van der Waals surface area contributed by atoms with Gasteiger partial charge in [-0.1, -0.05) is 23.5 Å². The first-order valence-electron chi connectivity index (χ1n) is 8.93. The van der Waals surface area contributed by atoms with Crippen molar-refractivity contribution in [3.8, 4) is 5.13 Å². The molecule has 4 rings (SSSR count). The highest BCUT2D eigenvalue weighted by Crippen LogP contribution is 2.24. The Kier molecular flexibility index (Phi) is 4.85. The first-order valence-corrected chi connectivity index (χ1v) is 9.75. The molecule has 3 aromatic heterocycles. The largest absolute Gasteiger partial charge is 0.462 e. The first-order chi connectivity index (χ1) is 14.0. The van der Waals surface area contributed by atoms with Gasteiger partial charge in [0.15, 0.2) is 5.82 Å². The van der Waals surface area contributed by atoms with Crippen LogP contribution in [0.2, 0.25) is 0 Å². The van der Waals surface area contributed by atoms with Gasteiger partial charge in [-0.15, -0.1) is 0 Å². The molecular weight excluding hydrogens is 392 g/mol. The van der Waals surface area contributed by atoms with Crippen LogP contribution in [0.4, 0.5) is 5.82 Å². The van der Waals surface area contributed by atoms with E-state index in [-0.39, 0.29) is 23.5 Å². The normalized spacial score (nSPS) is 11.9. The van der Waals surface area contributed by atoms with E-state index < -0.39 is 5.97 Å². The van der Waals surface area contributed by atoms with Crippen LogP contribution in [0.1, 0.15) is 35.5 Å². The standard InChI is InChI=1S/C19H18N6O3S/c1-4-28-18(27)12-9-20-23-16(12)21-10(2)15-11(3)24-25(17(15)26)19-22-13-7-5-6-8-14(13)29-19/h5-9,24H,4H2,1-3H3,(H,20,23)/b21-10+. The van der Waals surface area contributed by atoms with Crippen LogP contribution < -0.4 is 5.56 Å². The molecule has 0 amide bonds. The van der Waals surface area contributed by atoms with E-state index in [1.807, 2.05) is 24.3 Å². The van der Waals surface area contributed by atoms with Crippen LogP contribution in [0.15, 0.2) is 40.2 Å². The summed E-state index contributed by atoms with van der Waals surface area (Å²) in [5, 5.41) is 10.1. The maximum absolute atomic E-state index is 13.1. The fraction of sp³-hybridized carbons (Fsp3) is 0.211. The minimum atomic E-state index is -0.523. The summed E-state index contributed by atoms with van der Waals surface area (Å²) in [7, 11) is 0. The third-order valence-corrected chi connectivity index (χ3v) is 5.32. The fourth-order valence-electron chi connectivity index (χ4n) is 3.01. The summed E-state index contributed by atoms with van der Waals surface area (Å²) in [4.78, 5) is 34.0. The summed E-state index contributed by atoms with van der Waals surface area (Å²) in [5.74, 6) is -0.280. The molecule has 0 aliphatic heterocycles. The van der Waals surface area contributed by atoms with Gasteiger partial charge >= 0.3 is 5.97 Å². The molecule has 10 heteroatoms. The van der Waals surface area contributed by atoms with Crippen molar-refractivity contribution >= 4 is 39.1 Å². The number of carbonyl (C=O) groups is 1. The van der Waals surface area contributed by atoms with Crippen LogP contribution in [-0.2, 0) is 4.74 Å². The topological polar surface area (TPSA) is 118 Å². The summed E-state index contributed by atoms with van der Waals surface area (Å²) in [6.07, 6.45) is 1.35. The van der Waals surface area contributed by atoms with Gasteiger partial charge in [-0.05, 0) is 32.9 Å². The van der Waals surface area contributed by atoms with Crippen molar-refractivity contribution in [2.45, 2.75) is 20.8 Å². The predicted octanol–water partition coefficient (Wildman–Crippen LogP) is 3.12. The number of nitrogens with zero attached hydrogens (tertiary/aromatic N) is 4. The molecule has 0 saturated heterocycles. The summed E-state index contributed by atoms with van der Waals surface area (Å²) < 4.78 is 7.41. The van der Waals surface area contributed by atoms with Crippen molar-refractivity contribution in [2.75, 3.05) is 6.61 Å². The lowest BCUT2D eigenvalue weighted by atomic mass is 10.2. The highest BCUT2D eigenvalue weighted by Gasteiger charge is 2.19. The van der Waals surface area contributed by atoms with Gasteiger partial charge in [0.1, 0.15) is 5.56 Å². The summed E-state index contributed by atoms with van der Waals surface area (Å²) >= 11 is 1.42. The zero-order valence-corrected chi connectivity index (χ0v) is 16.8. The number of aromatic amines is 2. The zero-order chi connectivity index (χ0) is 20.5. The highest BCUT2D eigenvalue weighted by atomic mass is 32.1. The van der Waals surface area contributed by atoms with E-state index in [4.69, 9.17) is 4.74 Å². The number of aromatic nitrogens is 5. The molecule has 0 atom stereocenters. The number of hydrogen-bond acceptors (Lipinski definition) is 7. The number of benzene rings is 1. The van der Waals surface area contributed by atoms with Gasteiger partial charge in [0, 0.05) is 5.69 Å². The monoisotopic (exact) mass is 410 g/mol. The van der Waals surface area contributed by atoms with E-state index in [0.29, 0.717) is 22.1 Å². The molecule has 9 nitrogen and oxygen atoms in total. The van der Waals surface area contributed by atoms with Crippen LogP contribution in [-0.4, -0.2) is 43.2 Å². The molecule has 0 unspecified atom stereocenters. The Morgan fingerprint density at radius 2 is 2.14 bits per heavy atom. The van der Waals surface area contributed by atoms with Gasteiger partial charge in [0.25, 0.3) is 5.56 Å². The molecule has 29 heavy (non-hydrogen) atoms. The van der Waals surface area contributed by atoms with Gasteiger partial charge in [-0.25, -0.2) is 14.8 Å². The maximum atomic E-state index is 13.1. The zero-order valence-electron chi connectivity index (χ0n) is 16.0. The van der Waals surface area contributed by atoms with Crippen LogP contribution in [0.25, 0.3) is 15.3 Å². The number of fused-ring (bicyclic) bond motifs is 1. The quantitative estimate of drug-likeness (QED) is 0.387. The number of aliphatic imine (C=N–C) groups is 1. The van der Waals surface area contributed by atoms with E-state index in [2.05, 4.69) is 25.3 Å². The molecule has 3 heterocycles. The van der Waals surface area contributed by atoms with Crippen LogP contribution >= 0.6 is 11.3 Å². The Balaban J connectivity index is 1.75. The molecule has 0 fully saturated rings. The van der Waals surface area contributed by atoms with Crippen molar-refractivity contribution in [1.29, 1.82) is 0 Å². The third kappa shape index (κ3) is 3.38. The summed E-state index contributed by atoms with van der Waals surface area (Å²) in [5.41, 5.74) is 2.28. The molecule has 2 N–H and O–H groups in total. The number of hydrogen-bond donors (Lipinski definition) is 2. The SMILES string of the molecule is CCOC(=O)c1cn[nH]c1/N=C(\C)c1c(C)[nH]n(-c2nc3ccccc3s2)c1=O. The molecule has 1 aromatic carbocycles. The number of H-pyrrole nitrogens is 2. The number of thiazole rings is 1. The first kappa shape index (κ1) is 18.8. The summed E-state index contributed by atoms with van der Waals surface area (Å²) in [6, 6.07) is 7.70. The van der Waals surface area contributed by atoms with Crippen LogP contribution in [0.3, 0.4) is 0 Å². The predicted molar refractivity (Wildman–Crippen MR) is 111 cm³/mol. The van der Waals surface area contributed by atoms with Crippen molar-refractivity contribution < 1.29 is 9.53 Å². The highest BCUT2D eigenvalue weighted by molar-refractivity contribution is 7.20. The number of nitrogens with one attached hydrogen (secondary N) is 2. The van der Waals surface area contributed by atoms with Gasteiger partial charge in [-0.3, -0.25) is 15.0 Å². The van der Waals surface area contributed by atoms with E-state index in [9.17, 15) is 9.59 Å². The second-order valence-corrected chi connectivity index (χ2v) is 7.28. The van der Waals surface area contributed by atoms with Crippen molar-refractivity contribution in [1.82, 2.24) is 25.0 Å². The lowest BCUT2D eigenvalue weighted by molar-refractivity contribution is 0.0527. The Morgan fingerprint density at radius 3 is 2.90 bits per heavy atom. The molecule has 0 spiro atoms. The number of aryl methyl sites for hydroxylation is 1. The maximum Gasteiger partial charge on any atom is 0.343 e. The minimum Gasteiger partial charge on any atom is -0.462 e. The number of carbonyl (C=O) groups excluding carboxylic acids is 1. The number of esters is 1. The third-order valence-electron chi connectivity index (χ3n) is 4.30. The van der Waals surface area contributed by atoms with Gasteiger partial charge in [-0.2, -0.15) is 9.78 Å². The molecule has 0 saturated carbocycles. The second kappa shape index (κ2) is 7.47. The van der Waals surface area contributed by atoms with E-state index >= 15 is 0 Å². The number of ether oxygens (including phenoxy) is 1. The Bertz CT molecular complexity index is 1260. The average molecular weight is 410 g/mol. The van der Waals surface area contributed by atoms with E-state index in [1.165, 1.54) is 22.2 Å². The van der Waals surface area contributed by atoms with E-state index in [0.717, 1.165) is 10.2 Å². The smallest absolute Gasteiger partial charge is 0.343 e. The number of rotatable bonds is 5. The minimum absolute atomic E-state index is 0.214. The van der Waals surface area contributed by atoms with Gasteiger partial charge in [0.05, 0.1) is 34.3 Å². The Labute approximate surface area is 169 Å². The lowest BCUT2D eigenvalue weighted by Gasteiger charge is -2.01. The molecular formula is C19H18N6O3S. The molecule has 4 aromatic rings. The molecule has 0 radical (unpaired) electrons. The van der Waals surface area contributed by atoms with Crippen molar-refractivity contribution in [2.24, 2.45) is 4.99 Å². The molecule has 0 bridgehead atoms. The average Bonchev–Trinajstić information content (AvgIpc) is 3.38. The molecule has 0 aliphatic rings. The van der Waals surface area contributed by atoms with Crippen molar-refractivity contribution in [3.05, 3.63) is 57.6 Å². The van der Waals surface area contributed by atoms with Crippen molar-refractivity contribution in [3.63, 3.8) is 0 Å². The van der Waals surface area contributed by atoms with Gasteiger partial charge < -0.3 is 4.74 Å². The second-order valence-electron chi connectivity index (χ2n) is 6.27. The van der Waals surface area contributed by atoms with Crippen LogP contribution in [0.5, 0.6) is 0 Å². The van der Waals surface area contributed by atoms with Crippen LogP contribution in [0, 0.1) is 6.92 Å². The Hall–Kier alpha value is -3.53.